The van der Waals surface area contributed by atoms with E-state index in [2.05, 4.69) is 5.16 Å². The van der Waals surface area contributed by atoms with Crippen molar-refractivity contribution in [2.75, 3.05) is 0 Å². The molecule has 0 bridgehead atoms. The van der Waals surface area contributed by atoms with Crippen LogP contribution in [0, 0.1) is 10.1 Å². The molecule has 0 aromatic carbocycles. The van der Waals surface area contributed by atoms with Gasteiger partial charge in [-0.1, -0.05) is 0 Å². The topological polar surface area (TPSA) is 75.7 Å². The third-order valence-electron chi connectivity index (χ3n) is 0.409. The van der Waals surface area contributed by atoms with Crippen molar-refractivity contribution in [2.45, 2.75) is 6.92 Å². The molecule has 0 rings (SSSR count). The van der Waals surface area contributed by atoms with E-state index in [9.17, 15) is 10.1 Å². The number of nitro groups is 1. The molecular formula is C2H4N2O3. The predicted molar refractivity (Wildman–Crippen MR) is 21.9 cm³/mol. The summed E-state index contributed by atoms with van der Waals surface area (Å²) in [5.74, 6) is -0.500. The minimum Gasteiger partial charge on any atom is -0.358 e. The Morgan fingerprint density at radius 1 is 2.00 bits per heavy atom. The highest BCUT2D eigenvalue weighted by molar-refractivity contribution is 5.69. The van der Waals surface area contributed by atoms with Gasteiger partial charge in [-0.15, -0.1) is 0 Å². The van der Waals surface area contributed by atoms with Gasteiger partial charge in [-0.05, 0) is 4.92 Å². The standard InChI is InChI=1S/C2H4N2O3/c1-2(3-5)4(6)7/h5H,1H3/b3-2+. The van der Waals surface area contributed by atoms with Crippen molar-refractivity contribution in [3.63, 3.8) is 0 Å². The maximum absolute atomic E-state index is 9.45. The van der Waals surface area contributed by atoms with Gasteiger partial charge in [0.2, 0.25) is 0 Å². The molecule has 0 amide bonds. The summed E-state index contributed by atoms with van der Waals surface area (Å²) in [5, 5.41) is 19.4. The van der Waals surface area contributed by atoms with Gasteiger partial charge in [0.25, 0.3) is 0 Å². The Labute approximate surface area is 39.4 Å². The van der Waals surface area contributed by atoms with Crippen molar-refractivity contribution in [2.24, 2.45) is 5.16 Å². The van der Waals surface area contributed by atoms with Crippen LogP contribution in [0.1, 0.15) is 6.92 Å². The molecule has 0 radical (unpaired) electrons. The molecule has 0 aliphatic carbocycles. The molecule has 1 N–H and O–H groups in total. The average molecular weight is 104 g/mol. The van der Waals surface area contributed by atoms with E-state index in [0.29, 0.717) is 0 Å². The molecule has 0 aromatic rings. The first kappa shape index (κ1) is 5.87. The zero-order valence-corrected chi connectivity index (χ0v) is 3.66. The quantitative estimate of drug-likeness (QED) is 0.155. The minimum atomic E-state index is -0.778. The fourth-order valence-corrected chi connectivity index (χ4v) is 0.0365. The van der Waals surface area contributed by atoms with E-state index in [-0.39, 0.29) is 0 Å². The number of rotatable bonds is 0. The second-order valence-electron chi connectivity index (χ2n) is 0.904. The second-order valence-corrected chi connectivity index (χ2v) is 0.904. The molecule has 5 nitrogen and oxygen atoms in total. The molecule has 0 spiro atoms. The molecule has 0 unspecified atom stereocenters. The van der Waals surface area contributed by atoms with Crippen LogP contribution in [0.4, 0.5) is 0 Å². The van der Waals surface area contributed by atoms with E-state index in [1.165, 1.54) is 0 Å². The lowest BCUT2D eigenvalue weighted by molar-refractivity contribution is -0.353. The van der Waals surface area contributed by atoms with Gasteiger partial charge in [0.1, 0.15) is 5.16 Å². The van der Waals surface area contributed by atoms with Gasteiger partial charge in [-0.2, -0.15) is 0 Å². The highest BCUT2D eigenvalue weighted by Crippen LogP contribution is 1.71. The lowest BCUT2D eigenvalue weighted by Crippen LogP contribution is -2.05. The third-order valence-corrected chi connectivity index (χ3v) is 0.409. The Kier molecular flexibility index (Phi) is 1.78. The van der Waals surface area contributed by atoms with Gasteiger partial charge in [0.05, 0.1) is 6.92 Å². The van der Waals surface area contributed by atoms with Gasteiger partial charge >= 0.3 is 5.84 Å². The summed E-state index contributed by atoms with van der Waals surface area (Å²) in [6.45, 7) is 1.10. The van der Waals surface area contributed by atoms with E-state index in [1.807, 2.05) is 0 Å². The van der Waals surface area contributed by atoms with Gasteiger partial charge in [0, 0.05) is 0 Å². The van der Waals surface area contributed by atoms with Crippen LogP contribution in [-0.4, -0.2) is 16.0 Å². The largest absolute Gasteiger partial charge is 0.382 e. The van der Waals surface area contributed by atoms with Crippen LogP contribution in [0.5, 0.6) is 0 Å². The Morgan fingerprint density at radius 3 is 2.43 bits per heavy atom. The zero-order chi connectivity index (χ0) is 5.86. The second kappa shape index (κ2) is 2.12. The van der Waals surface area contributed by atoms with Crippen molar-refractivity contribution >= 4 is 5.84 Å². The Morgan fingerprint density at radius 2 is 2.43 bits per heavy atom. The van der Waals surface area contributed by atoms with E-state index < -0.39 is 10.8 Å². The number of amidine groups is 1. The van der Waals surface area contributed by atoms with Crippen LogP contribution in [-0.2, 0) is 0 Å². The first-order chi connectivity index (χ1) is 3.18. The van der Waals surface area contributed by atoms with Crippen LogP contribution < -0.4 is 0 Å². The Bertz CT molecular complexity index is 108. The molecule has 7 heavy (non-hydrogen) atoms. The van der Waals surface area contributed by atoms with Crippen LogP contribution in [0.3, 0.4) is 0 Å². The van der Waals surface area contributed by atoms with Crippen molar-refractivity contribution in [1.82, 2.24) is 0 Å². The lowest BCUT2D eigenvalue weighted by atomic mass is 10.7. The first-order valence-electron chi connectivity index (χ1n) is 1.51. The van der Waals surface area contributed by atoms with Gasteiger partial charge in [-0.25, -0.2) is 0 Å². The summed E-state index contributed by atoms with van der Waals surface area (Å²) in [4.78, 5) is 8.67. The highest BCUT2D eigenvalue weighted by atomic mass is 16.6. The van der Waals surface area contributed by atoms with Crippen molar-refractivity contribution in [3.8, 4) is 0 Å². The van der Waals surface area contributed by atoms with Gasteiger partial charge in [-0.3, -0.25) is 0 Å². The fraction of sp³-hybridized carbons (Fsp3) is 0.500. The summed E-state index contributed by atoms with van der Waals surface area (Å²) < 4.78 is 0. The summed E-state index contributed by atoms with van der Waals surface area (Å²) in [7, 11) is 0. The molecule has 0 aromatic heterocycles. The van der Waals surface area contributed by atoms with Gasteiger partial charge in [0.15, 0.2) is 0 Å². The molecule has 5 heteroatoms. The maximum atomic E-state index is 9.45. The summed E-state index contributed by atoms with van der Waals surface area (Å²) in [6, 6.07) is 0. The predicted octanol–water partition coefficient (Wildman–Crippen LogP) is 0.0707. The number of oxime groups is 1. The van der Waals surface area contributed by atoms with Crippen LogP contribution in [0.25, 0.3) is 0 Å². The molecule has 0 aliphatic heterocycles. The molecule has 0 saturated heterocycles. The molecule has 0 saturated carbocycles. The number of hydrogen-bond acceptors (Lipinski definition) is 4. The Balaban J connectivity index is 3.82. The summed E-state index contributed by atoms with van der Waals surface area (Å²) >= 11 is 0. The molecule has 0 heterocycles. The zero-order valence-electron chi connectivity index (χ0n) is 3.66. The van der Waals surface area contributed by atoms with E-state index >= 15 is 0 Å². The summed E-state index contributed by atoms with van der Waals surface area (Å²) in [5.41, 5.74) is 0. The molecule has 0 atom stereocenters. The van der Waals surface area contributed by atoms with Crippen molar-refractivity contribution in [1.29, 1.82) is 0 Å². The summed E-state index contributed by atoms with van der Waals surface area (Å²) in [6.07, 6.45) is 0. The molecule has 0 aliphatic rings. The maximum Gasteiger partial charge on any atom is 0.382 e. The highest BCUT2D eigenvalue weighted by Gasteiger charge is 1.99. The first-order valence-corrected chi connectivity index (χ1v) is 1.51. The number of nitrogens with zero attached hydrogens (tertiary/aromatic N) is 2. The Hall–Kier alpha value is -1.13. The van der Waals surface area contributed by atoms with Crippen molar-refractivity contribution < 1.29 is 10.1 Å². The average Bonchev–Trinajstić information content (AvgIpc) is 1.65. The lowest BCUT2D eigenvalue weighted by Gasteiger charge is -1.82. The molecule has 40 valence electrons. The smallest absolute Gasteiger partial charge is 0.358 e. The van der Waals surface area contributed by atoms with Crippen LogP contribution in [0.15, 0.2) is 5.16 Å². The third kappa shape index (κ3) is 1.69. The molecular weight excluding hydrogens is 100 g/mol. The van der Waals surface area contributed by atoms with Gasteiger partial charge < -0.3 is 15.3 Å². The normalized spacial score (nSPS) is 11.3. The van der Waals surface area contributed by atoms with Crippen LogP contribution in [0.2, 0.25) is 0 Å². The number of hydrogen-bond donors (Lipinski definition) is 1. The fourth-order valence-electron chi connectivity index (χ4n) is 0.0365. The van der Waals surface area contributed by atoms with E-state index in [4.69, 9.17) is 5.21 Å². The SMILES string of the molecule is C/C(=N\O)[N+](=O)[O-]. The van der Waals surface area contributed by atoms with E-state index in [0.717, 1.165) is 6.92 Å². The monoisotopic (exact) mass is 104 g/mol. The van der Waals surface area contributed by atoms with Crippen molar-refractivity contribution in [3.05, 3.63) is 10.1 Å². The molecule has 0 fully saturated rings. The minimum absolute atomic E-state index is 0.500. The van der Waals surface area contributed by atoms with Crippen LogP contribution >= 0.6 is 0 Å². The van der Waals surface area contributed by atoms with E-state index in [1.54, 1.807) is 0 Å².